The normalized spacial score (nSPS) is 9.78. The van der Waals surface area contributed by atoms with Gasteiger partial charge < -0.3 is 4.90 Å². The molecule has 1 amide bonds. The first-order valence-corrected chi connectivity index (χ1v) is 6.56. The fraction of sp³-hybridized carbons (Fsp3) is 0.417. The average Bonchev–Trinajstić information content (AvgIpc) is 2.83. The van der Waals surface area contributed by atoms with Crippen LogP contribution in [-0.4, -0.2) is 44.8 Å². The van der Waals surface area contributed by atoms with Crippen LogP contribution >= 0.6 is 11.8 Å². The van der Waals surface area contributed by atoms with Crippen LogP contribution < -0.4 is 0 Å². The molecular formula is C12H16N4OS. The van der Waals surface area contributed by atoms with Gasteiger partial charge in [-0.2, -0.15) is 0 Å². The van der Waals surface area contributed by atoms with Gasteiger partial charge in [0.15, 0.2) is 0 Å². The number of nitrogens with one attached hydrogen (secondary N) is 1. The Bertz CT molecular complexity index is 449. The summed E-state index contributed by atoms with van der Waals surface area (Å²) in [6.45, 7) is 6.33. The number of carbonyl (C=O) groups is 1. The predicted octanol–water partition coefficient (Wildman–Crippen LogP) is 1.11. The fourth-order valence-corrected chi connectivity index (χ4v) is 1.96. The van der Waals surface area contributed by atoms with Gasteiger partial charge >= 0.3 is 0 Å². The van der Waals surface area contributed by atoms with E-state index in [1.165, 1.54) is 11.8 Å². The molecule has 1 aromatic rings. The van der Waals surface area contributed by atoms with Crippen molar-refractivity contribution in [3.05, 3.63) is 18.5 Å². The molecule has 0 bridgehead atoms. The summed E-state index contributed by atoms with van der Waals surface area (Å²) in [5.41, 5.74) is 0. The Morgan fingerprint density at radius 3 is 3.06 bits per heavy atom. The van der Waals surface area contributed by atoms with Crippen LogP contribution in [-0.2, 0) is 11.2 Å². The Hall–Kier alpha value is -1.74. The van der Waals surface area contributed by atoms with Gasteiger partial charge in [0.2, 0.25) is 11.1 Å². The highest BCUT2D eigenvalue weighted by molar-refractivity contribution is 7.99. The van der Waals surface area contributed by atoms with E-state index in [4.69, 9.17) is 6.42 Å². The molecule has 0 atom stereocenters. The van der Waals surface area contributed by atoms with Gasteiger partial charge in [0.05, 0.1) is 12.3 Å². The van der Waals surface area contributed by atoms with E-state index in [0.717, 1.165) is 12.2 Å². The van der Waals surface area contributed by atoms with Gasteiger partial charge in [0.1, 0.15) is 5.82 Å². The van der Waals surface area contributed by atoms with Crippen molar-refractivity contribution in [3.8, 4) is 12.3 Å². The van der Waals surface area contributed by atoms with E-state index in [2.05, 4.69) is 27.7 Å². The van der Waals surface area contributed by atoms with Gasteiger partial charge in [0.25, 0.3) is 0 Å². The van der Waals surface area contributed by atoms with Crippen LogP contribution in [0.5, 0.6) is 0 Å². The lowest BCUT2D eigenvalue weighted by Crippen LogP contribution is -2.32. The first kappa shape index (κ1) is 14.3. The van der Waals surface area contributed by atoms with Crippen molar-refractivity contribution in [2.24, 2.45) is 0 Å². The summed E-state index contributed by atoms with van der Waals surface area (Å²) < 4.78 is 0. The maximum Gasteiger partial charge on any atom is 0.234 e. The summed E-state index contributed by atoms with van der Waals surface area (Å²) in [5.74, 6) is 3.51. The number of aromatic amines is 1. The van der Waals surface area contributed by atoms with Gasteiger partial charge in [-0.25, -0.2) is 4.98 Å². The molecule has 1 aromatic heterocycles. The Balaban J connectivity index is 2.48. The van der Waals surface area contributed by atoms with E-state index in [-0.39, 0.29) is 11.7 Å². The van der Waals surface area contributed by atoms with Crippen molar-refractivity contribution in [3.63, 3.8) is 0 Å². The molecule has 0 radical (unpaired) electrons. The van der Waals surface area contributed by atoms with Crippen LogP contribution in [0.15, 0.2) is 17.8 Å². The standard InChI is InChI=1S/C12H16N4OS/c1-4-7-16(8-5-2)11(17)9-18-12-13-10(6-3)14-15-12/h1,5H,2,6-9H2,3H3,(H,13,14,15). The molecular weight excluding hydrogens is 248 g/mol. The van der Waals surface area contributed by atoms with Crippen LogP contribution in [0.4, 0.5) is 0 Å². The highest BCUT2D eigenvalue weighted by atomic mass is 32.2. The molecule has 96 valence electrons. The minimum absolute atomic E-state index is 0.0410. The number of aromatic nitrogens is 3. The van der Waals surface area contributed by atoms with E-state index >= 15 is 0 Å². The molecule has 18 heavy (non-hydrogen) atoms. The zero-order chi connectivity index (χ0) is 13.4. The highest BCUT2D eigenvalue weighted by Crippen LogP contribution is 2.13. The SMILES string of the molecule is C#CCN(CC=C)C(=O)CSc1n[nH]c(CC)n1. The summed E-state index contributed by atoms with van der Waals surface area (Å²) in [5, 5.41) is 7.39. The van der Waals surface area contributed by atoms with E-state index < -0.39 is 0 Å². The van der Waals surface area contributed by atoms with Crippen LogP contribution in [0.3, 0.4) is 0 Å². The minimum atomic E-state index is -0.0410. The largest absolute Gasteiger partial charge is 0.327 e. The monoisotopic (exact) mass is 264 g/mol. The molecule has 1 heterocycles. The number of H-pyrrole nitrogens is 1. The molecule has 0 spiro atoms. The fourth-order valence-electron chi connectivity index (χ4n) is 1.24. The molecule has 0 aliphatic carbocycles. The number of carbonyl (C=O) groups excluding carboxylic acids is 1. The summed E-state index contributed by atoms with van der Waals surface area (Å²) in [7, 11) is 0. The molecule has 0 aliphatic heterocycles. The number of nitrogens with zero attached hydrogens (tertiary/aromatic N) is 3. The zero-order valence-corrected chi connectivity index (χ0v) is 11.2. The zero-order valence-electron chi connectivity index (χ0n) is 10.3. The molecule has 0 saturated heterocycles. The number of terminal acetylenes is 1. The topological polar surface area (TPSA) is 61.9 Å². The van der Waals surface area contributed by atoms with Crippen molar-refractivity contribution in [2.45, 2.75) is 18.5 Å². The van der Waals surface area contributed by atoms with Gasteiger partial charge in [-0.15, -0.1) is 18.1 Å². The summed E-state index contributed by atoms with van der Waals surface area (Å²) in [4.78, 5) is 17.6. The lowest BCUT2D eigenvalue weighted by Gasteiger charge is -2.17. The number of amides is 1. The quantitative estimate of drug-likeness (QED) is 0.455. The maximum absolute atomic E-state index is 11.9. The summed E-state index contributed by atoms with van der Waals surface area (Å²) in [6.07, 6.45) is 7.66. The molecule has 5 nitrogen and oxygen atoms in total. The minimum Gasteiger partial charge on any atom is -0.327 e. The predicted molar refractivity (Wildman–Crippen MR) is 72.1 cm³/mol. The highest BCUT2D eigenvalue weighted by Gasteiger charge is 2.12. The molecule has 1 N–H and O–H groups in total. The van der Waals surface area contributed by atoms with E-state index in [0.29, 0.717) is 18.2 Å². The molecule has 0 aliphatic rings. The third-order valence-electron chi connectivity index (χ3n) is 2.16. The Morgan fingerprint density at radius 2 is 2.50 bits per heavy atom. The van der Waals surface area contributed by atoms with E-state index in [9.17, 15) is 4.79 Å². The lowest BCUT2D eigenvalue weighted by molar-refractivity contribution is -0.127. The van der Waals surface area contributed by atoms with E-state index in [1.54, 1.807) is 11.0 Å². The lowest BCUT2D eigenvalue weighted by atomic mass is 10.4. The van der Waals surface area contributed by atoms with Gasteiger partial charge in [-0.3, -0.25) is 9.89 Å². The van der Waals surface area contributed by atoms with Crippen LogP contribution in [0.2, 0.25) is 0 Å². The third-order valence-corrected chi connectivity index (χ3v) is 2.99. The summed E-state index contributed by atoms with van der Waals surface area (Å²) in [6, 6.07) is 0. The molecule has 1 rings (SSSR count). The Morgan fingerprint density at radius 1 is 1.72 bits per heavy atom. The van der Waals surface area contributed by atoms with Gasteiger partial charge in [-0.05, 0) is 0 Å². The summed E-state index contributed by atoms with van der Waals surface area (Å²) >= 11 is 1.30. The number of rotatable bonds is 7. The number of hydrogen-bond donors (Lipinski definition) is 1. The Kier molecular flexibility index (Phi) is 6.01. The molecule has 6 heteroatoms. The van der Waals surface area contributed by atoms with Crippen molar-refractivity contribution in [1.29, 1.82) is 0 Å². The maximum atomic E-state index is 11.9. The van der Waals surface area contributed by atoms with E-state index in [1.807, 2.05) is 6.92 Å². The van der Waals surface area contributed by atoms with Crippen molar-refractivity contribution in [2.75, 3.05) is 18.8 Å². The molecule has 0 aromatic carbocycles. The van der Waals surface area contributed by atoms with Crippen LogP contribution in [0, 0.1) is 12.3 Å². The Labute approximate surface area is 111 Å². The number of thioether (sulfide) groups is 1. The van der Waals surface area contributed by atoms with Crippen LogP contribution in [0.1, 0.15) is 12.7 Å². The van der Waals surface area contributed by atoms with Crippen molar-refractivity contribution >= 4 is 17.7 Å². The first-order valence-electron chi connectivity index (χ1n) is 5.57. The number of aryl methyl sites for hydroxylation is 1. The molecule has 0 fully saturated rings. The molecule has 0 saturated carbocycles. The average molecular weight is 264 g/mol. The van der Waals surface area contributed by atoms with Gasteiger partial charge in [0, 0.05) is 13.0 Å². The second-order valence-electron chi connectivity index (χ2n) is 3.47. The van der Waals surface area contributed by atoms with Crippen molar-refractivity contribution in [1.82, 2.24) is 20.1 Å². The first-order chi connectivity index (χ1) is 8.71. The van der Waals surface area contributed by atoms with Crippen molar-refractivity contribution < 1.29 is 4.79 Å². The second-order valence-corrected chi connectivity index (χ2v) is 4.42. The van der Waals surface area contributed by atoms with Crippen LogP contribution in [0.25, 0.3) is 0 Å². The van der Waals surface area contributed by atoms with Gasteiger partial charge in [-0.1, -0.05) is 30.7 Å². The second kappa shape index (κ2) is 7.56. The third kappa shape index (κ3) is 4.26. The number of hydrogen-bond acceptors (Lipinski definition) is 4. The molecule has 0 unspecified atom stereocenters. The smallest absolute Gasteiger partial charge is 0.234 e.